The molecule has 0 saturated carbocycles. The fraction of sp³-hybridized carbons (Fsp3) is 0.387. The lowest BCUT2D eigenvalue weighted by atomic mass is 9.75. The summed E-state index contributed by atoms with van der Waals surface area (Å²) in [5.74, 6) is -1.00. The lowest BCUT2D eigenvalue weighted by Crippen LogP contribution is -2.38. The fourth-order valence-electron chi connectivity index (χ4n) is 4.26. The van der Waals surface area contributed by atoms with Crippen LogP contribution in [0.5, 0.6) is 11.5 Å². The molecule has 2 N–H and O–H groups in total. The van der Waals surface area contributed by atoms with E-state index in [0.717, 1.165) is 16.7 Å². The monoisotopic (exact) mass is 566 g/mol. The molecule has 3 rings (SSSR count). The van der Waals surface area contributed by atoms with Crippen molar-refractivity contribution in [2.24, 2.45) is 0 Å². The molecule has 1 unspecified atom stereocenters. The van der Waals surface area contributed by atoms with Crippen molar-refractivity contribution in [3.05, 3.63) is 93.0 Å². The minimum atomic E-state index is -4.31. The van der Waals surface area contributed by atoms with E-state index in [9.17, 15) is 20.0 Å². The van der Waals surface area contributed by atoms with Gasteiger partial charge in [0.2, 0.25) is 0 Å². The fourth-order valence-corrected chi connectivity index (χ4v) is 6.77. The van der Waals surface area contributed by atoms with Crippen molar-refractivity contribution in [2.45, 2.75) is 78.6 Å². The van der Waals surface area contributed by atoms with Crippen LogP contribution < -0.4 is 14.9 Å². The van der Waals surface area contributed by atoms with E-state index in [1.54, 1.807) is 12.1 Å². The third kappa shape index (κ3) is 6.73. The first-order chi connectivity index (χ1) is 18.2. The Hall–Kier alpha value is -3.64. The molecule has 0 aliphatic carbocycles. The molecule has 0 heterocycles. The highest BCUT2D eigenvalue weighted by Gasteiger charge is 2.42. The van der Waals surface area contributed by atoms with Gasteiger partial charge in [0.05, 0.1) is 10.2 Å². The van der Waals surface area contributed by atoms with Gasteiger partial charge in [0.25, 0.3) is 11.6 Å². The lowest BCUT2D eigenvalue weighted by molar-refractivity contribution is -0.384. The molecule has 40 heavy (non-hydrogen) atoms. The van der Waals surface area contributed by atoms with Gasteiger partial charge >= 0.3 is 7.52 Å². The smallest absolute Gasteiger partial charge is 0.374 e. The van der Waals surface area contributed by atoms with Gasteiger partial charge in [-0.15, -0.1) is 0 Å². The summed E-state index contributed by atoms with van der Waals surface area (Å²) in [6.07, 6.45) is 0. The van der Waals surface area contributed by atoms with Gasteiger partial charge in [-0.05, 0) is 57.2 Å². The maximum atomic E-state index is 15.2. The minimum Gasteiger partial charge on any atom is -0.504 e. The van der Waals surface area contributed by atoms with Gasteiger partial charge in [-0.25, -0.2) is 4.57 Å². The zero-order valence-corrected chi connectivity index (χ0v) is 25.6. The predicted octanol–water partition coefficient (Wildman–Crippen LogP) is 7.52. The Morgan fingerprint density at radius 2 is 1.35 bits per heavy atom. The predicted molar refractivity (Wildman–Crippen MR) is 159 cm³/mol. The molecule has 1 amide bonds. The number of nitrogens with one attached hydrogen (secondary N) is 1. The highest BCUT2D eigenvalue weighted by molar-refractivity contribution is 7.66. The number of nitrogens with zero attached hydrogens (tertiary/aromatic N) is 1. The lowest BCUT2D eigenvalue weighted by Gasteiger charge is -2.36. The van der Waals surface area contributed by atoms with E-state index < -0.39 is 29.2 Å². The Balaban J connectivity index is 2.36. The molecule has 9 heteroatoms. The van der Waals surface area contributed by atoms with E-state index in [1.807, 2.05) is 53.7 Å². The van der Waals surface area contributed by atoms with E-state index >= 15 is 4.57 Å². The first-order valence-electron chi connectivity index (χ1n) is 13.1. The van der Waals surface area contributed by atoms with Gasteiger partial charge in [0.1, 0.15) is 0 Å². The number of nitro benzene ring substituents is 1. The van der Waals surface area contributed by atoms with Crippen LogP contribution in [0.1, 0.15) is 89.4 Å². The first kappa shape index (κ1) is 30.9. The topological polar surface area (TPSA) is 119 Å². The van der Waals surface area contributed by atoms with Gasteiger partial charge in [-0.2, -0.15) is 0 Å². The van der Waals surface area contributed by atoms with Gasteiger partial charge in [-0.1, -0.05) is 86.6 Å². The van der Waals surface area contributed by atoms with Crippen molar-refractivity contribution in [3.63, 3.8) is 0 Å². The number of carbonyl (C=O) groups is 1. The van der Waals surface area contributed by atoms with Crippen LogP contribution in [0.2, 0.25) is 0 Å². The molecule has 0 bridgehead atoms. The molecule has 0 aromatic heterocycles. The van der Waals surface area contributed by atoms with Gasteiger partial charge in [-0.3, -0.25) is 20.0 Å². The molecule has 3 aromatic carbocycles. The molecule has 1 atom stereocenters. The number of phenols is 1. The minimum absolute atomic E-state index is 0.0468. The third-order valence-electron chi connectivity index (χ3n) is 6.57. The average molecular weight is 567 g/mol. The average Bonchev–Trinajstić information content (AvgIpc) is 2.83. The normalized spacial score (nSPS) is 13.8. The van der Waals surface area contributed by atoms with Crippen molar-refractivity contribution < 1.29 is 23.9 Å². The molecular weight excluding hydrogens is 527 g/mol. The van der Waals surface area contributed by atoms with Gasteiger partial charge in [0.15, 0.2) is 11.5 Å². The second-order valence-corrected chi connectivity index (χ2v) is 15.0. The van der Waals surface area contributed by atoms with Crippen LogP contribution >= 0.6 is 7.52 Å². The number of phenolic OH excluding ortho intramolecular Hbond substituents is 1. The summed E-state index contributed by atoms with van der Waals surface area (Å²) >= 11 is 0. The molecule has 0 radical (unpaired) electrons. The van der Waals surface area contributed by atoms with E-state index in [2.05, 4.69) is 25.9 Å². The number of non-ortho nitro benzene ring substituents is 1. The Morgan fingerprint density at radius 3 is 1.77 bits per heavy atom. The van der Waals surface area contributed by atoms with Crippen molar-refractivity contribution in [1.82, 2.24) is 5.09 Å². The first-order valence-corrected chi connectivity index (χ1v) is 14.7. The number of rotatable bonds is 6. The summed E-state index contributed by atoms with van der Waals surface area (Å²) in [7, 11) is -4.31. The standard InChI is InChI=1S/C31H39N2O6P/c1-29(2,3)21-18-23(30(4,5)6)27(24(19-21)31(7,8)9)40(38,39-26-13-11-10-12-25(26)34)32-28(35)20-14-16-22(17-15-20)33(36)37/h10-19,34H,1-9H3,(H,32,35,38). The van der Waals surface area contributed by atoms with E-state index in [1.165, 1.54) is 36.4 Å². The number of hydrogen-bond acceptors (Lipinski definition) is 6. The van der Waals surface area contributed by atoms with Gasteiger partial charge < -0.3 is 9.63 Å². The number of aromatic hydroxyl groups is 1. The van der Waals surface area contributed by atoms with E-state index in [0.29, 0.717) is 5.30 Å². The third-order valence-corrected chi connectivity index (χ3v) is 8.59. The summed E-state index contributed by atoms with van der Waals surface area (Å²) in [6, 6.07) is 15.2. The molecule has 214 valence electrons. The zero-order valence-electron chi connectivity index (χ0n) is 24.7. The van der Waals surface area contributed by atoms with Crippen LogP contribution in [-0.4, -0.2) is 15.9 Å². The van der Waals surface area contributed by atoms with Crippen molar-refractivity contribution in [3.8, 4) is 11.5 Å². The van der Waals surface area contributed by atoms with Crippen LogP contribution in [0.3, 0.4) is 0 Å². The molecule has 0 spiro atoms. The maximum absolute atomic E-state index is 15.2. The Labute approximate surface area is 236 Å². The second-order valence-electron chi connectivity index (χ2n) is 13.0. The number of nitro groups is 1. The van der Waals surface area contributed by atoms with Crippen molar-refractivity contribution in [2.75, 3.05) is 0 Å². The SMILES string of the molecule is CC(C)(C)c1cc(C(C)(C)C)c(P(=O)(NC(=O)c2ccc([N+](=O)[O-])cc2)Oc2ccccc2O)c(C(C)(C)C)c1. The summed E-state index contributed by atoms with van der Waals surface area (Å²) < 4.78 is 21.4. The Morgan fingerprint density at radius 1 is 0.850 bits per heavy atom. The van der Waals surface area contributed by atoms with Crippen LogP contribution in [0.15, 0.2) is 60.7 Å². The molecule has 0 aliphatic rings. The number of para-hydroxylation sites is 2. The largest absolute Gasteiger partial charge is 0.504 e. The van der Waals surface area contributed by atoms with Crippen molar-refractivity contribution >= 4 is 24.4 Å². The zero-order chi connectivity index (χ0) is 30.3. The Bertz CT molecular complexity index is 1440. The summed E-state index contributed by atoms with van der Waals surface area (Å²) in [4.78, 5) is 24.1. The summed E-state index contributed by atoms with van der Waals surface area (Å²) in [5, 5.41) is 24.7. The van der Waals surface area contributed by atoms with Crippen molar-refractivity contribution in [1.29, 1.82) is 0 Å². The molecular formula is C31H39N2O6P. The van der Waals surface area contributed by atoms with Crippen LogP contribution in [0, 0.1) is 10.1 Å². The van der Waals surface area contributed by atoms with Crippen LogP contribution in [-0.2, 0) is 20.8 Å². The molecule has 0 aliphatic heterocycles. The quantitative estimate of drug-likeness (QED) is 0.181. The van der Waals surface area contributed by atoms with E-state index in [4.69, 9.17) is 4.52 Å². The van der Waals surface area contributed by atoms with Crippen LogP contribution in [0.4, 0.5) is 5.69 Å². The summed E-state index contributed by atoms with van der Waals surface area (Å²) in [6.45, 7) is 18.4. The molecule has 8 nitrogen and oxygen atoms in total. The van der Waals surface area contributed by atoms with Gasteiger partial charge in [0, 0.05) is 17.7 Å². The molecule has 0 fully saturated rings. The number of amides is 1. The summed E-state index contributed by atoms with van der Waals surface area (Å²) in [5.41, 5.74) is 1.20. The van der Waals surface area contributed by atoms with E-state index in [-0.39, 0.29) is 28.2 Å². The molecule has 0 saturated heterocycles. The second kappa shape index (κ2) is 10.7. The maximum Gasteiger partial charge on any atom is 0.374 e. The number of carbonyl (C=O) groups excluding carboxylic acids is 1. The number of benzene rings is 3. The Kier molecular flexibility index (Phi) is 8.29. The highest BCUT2D eigenvalue weighted by atomic mass is 31.2. The molecule has 3 aromatic rings. The number of hydrogen-bond donors (Lipinski definition) is 2. The highest BCUT2D eigenvalue weighted by Crippen LogP contribution is 2.50. The van der Waals surface area contributed by atoms with Crippen LogP contribution in [0.25, 0.3) is 0 Å².